The third kappa shape index (κ3) is 3.44. The van der Waals surface area contributed by atoms with Crippen LogP contribution in [0, 0.1) is 0 Å². The van der Waals surface area contributed by atoms with Gasteiger partial charge in [-0.3, -0.25) is 14.2 Å². The van der Waals surface area contributed by atoms with Crippen LogP contribution < -0.4 is 15.4 Å². The summed E-state index contributed by atoms with van der Waals surface area (Å²) in [5, 5.41) is 5.74. The number of hydrogen-bond acceptors (Lipinski definition) is 5. The first-order valence-corrected chi connectivity index (χ1v) is 8.83. The summed E-state index contributed by atoms with van der Waals surface area (Å²) in [6, 6.07) is 9.01. The number of rotatable bonds is 5. The van der Waals surface area contributed by atoms with Crippen LogP contribution in [-0.4, -0.2) is 33.5 Å². The summed E-state index contributed by atoms with van der Waals surface area (Å²) < 4.78 is 7.05. The molecule has 1 atom stereocenters. The van der Waals surface area contributed by atoms with Crippen molar-refractivity contribution >= 4 is 17.5 Å². The number of pyridine rings is 1. The molecule has 0 bridgehead atoms. The lowest BCUT2D eigenvalue weighted by molar-refractivity contribution is -0.126. The van der Waals surface area contributed by atoms with Gasteiger partial charge in [-0.05, 0) is 29.8 Å². The van der Waals surface area contributed by atoms with E-state index in [-0.39, 0.29) is 24.8 Å². The number of anilines is 1. The summed E-state index contributed by atoms with van der Waals surface area (Å²) in [5.41, 5.74) is 2.23. The van der Waals surface area contributed by atoms with Gasteiger partial charge in [-0.2, -0.15) is 0 Å². The molecular formula is C20H19N5O3. The molecule has 3 heterocycles. The molecule has 8 nitrogen and oxygen atoms in total. The highest BCUT2D eigenvalue weighted by Crippen LogP contribution is 2.35. The summed E-state index contributed by atoms with van der Waals surface area (Å²) in [6.45, 7) is 0.289. The molecule has 1 aliphatic rings. The van der Waals surface area contributed by atoms with Crippen LogP contribution in [0.1, 0.15) is 23.5 Å². The highest BCUT2D eigenvalue weighted by molar-refractivity contribution is 6.01. The standard InChI is InChI=1S/C20H19N5O3/c1-28-14-4-5-17-15(9-14)16(10-18(26)24-17)20(27)23-11-13-3-2-6-22-19(13)25-8-7-21-12-25/h2-9,12,16H,10-11H2,1H3,(H,23,27)(H,24,26). The number of carbonyl (C=O) groups is 2. The minimum absolute atomic E-state index is 0.0907. The van der Waals surface area contributed by atoms with Crippen LogP contribution in [0.4, 0.5) is 5.69 Å². The van der Waals surface area contributed by atoms with E-state index in [0.29, 0.717) is 17.3 Å². The Labute approximate surface area is 161 Å². The minimum Gasteiger partial charge on any atom is -0.497 e. The molecule has 142 valence electrons. The van der Waals surface area contributed by atoms with Gasteiger partial charge in [0.1, 0.15) is 17.9 Å². The normalized spacial score (nSPS) is 15.5. The number of carbonyl (C=O) groups excluding carboxylic acids is 2. The number of hydrogen-bond donors (Lipinski definition) is 2. The van der Waals surface area contributed by atoms with Gasteiger partial charge in [0.15, 0.2) is 0 Å². The average Bonchev–Trinajstić information content (AvgIpc) is 3.26. The van der Waals surface area contributed by atoms with Crippen LogP contribution in [0.5, 0.6) is 5.75 Å². The molecular weight excluding hydrogens is 358 g/mol. The summed E-state index contributed by atoms with van der Waals surface area (Å²) in [4.78, 5) is 33.4. The molecule has 1 aliphatic heterocycles. The van der Waals surface area contributed by atoms with Gasteiger partial charge in [0.05, 0.1) is 13.0 Å². The number of nitrogens with zero attached hydrogens (tertiary/aromatic N) is 3. The van der Waals surface area contributed by atoms with Gasteiger partial charge < -0.3 is 15.4 Å². The fourth-order valence-electron chi connectivity index (χ4n) is 3.29. The van der Waals surface area contributed by atoms with Crippen LogP contribution in [0.2, 0.25) is 0 Å². The number of imidazole rings is 1. The molecule has 0 aliphatic carbocycles. The van der Waals surface area contributed by atoms with E-state index in [1.807, 2.05) is 12.1 Å². The van der Waals surface area contributed by atoms with Gasteiger partial charge in [0.2, 0.25) is 11.8 Å². The highest BCUT2D eigenvalue weighted by Gasteiger charge is 2.31. The van der Waals surface area contributed by atoms with Gasteiger partial charge in [-0.1, -0.05) is 6.07 Å². The Kier molecular flexibility index (Phi) is 4.76. The number of fused-ring (bicyclic) bond motifs is 1. The maximum atomic E-state index is 12.9. The molecule has 28 heavy (non-hydrogen) atoms. The molecule has 2 N–H and O–H groups in total. The van der Waals surface area contributed by atoms with E-state index in [1.165, 1.54) is 0 Å². The Bertz CT molecular complexity index is 1020. The molecule has 1 unspecified atom stereocenters. The maximum Gasteiger partial charge on any atom is 0.228 e. The van der Waals surface area contributed by atoms with Crippen molar-refractivity contribution in [1.29, 1.82) is 0 Å². The fourth-order valence-corrected chi connectivity index (χ4v) is 3.29. The molecule has 3 aromatic rings. The molecule has 0 saturated carbocycles. The molecule has 4 rings (SSSR count). The zero-order valence-corrected chi connectivity index (χ0v) is 15.3. The zero-order chi connectivity index (χ0) is 19.5. The average molecular weight is 377 g/mol. The van der Waals surface area contributed by atoms with Crippen molar-refractivity contribution < 1.29 is 14.3 Å². The van der Waals surface area contributed by atoms with E-state index < -0.39 is 5.92 Å². The van der Waals surface area contributed by atoms with E-state index in [0.717, 1.165) is 11.1 Å². The number of nitrogens with one attached hydrogen (secondary N) is 2. The molecule has 8 heteroatoms. The second-order valence-corrected chi connectivity index (χ2v) is 6.43. The van der Waals surface area contributed by atoms with Crippen LogP contribution in [-0.2, 0) is 16.1 Å². The Morgan fingerprint density at radius 2 is 2.25 bits per heavy atom. The number of ether oxygens (including phenoxy) is 1. The van der Waals surface area contributed by atoms with Crippen molar-refractivity contribution in [1.82, 2.24) is 19.9 Å². The van der Waals surface area contributed by atoms with Crippen LogP contribution in [0.25, 0.3) is 5.82 Å². The smallest absolute Gasteiger partial charge is 0.228 e. The van der Waals surface area contributed by atoms with E-state index >= 15 is 0 Å². The lowest BCUT2D eigenvalue weighted by Crippen LogP contribution is -2.35. The lowest BCUT2D eigenvalue weighted by atomic mass is 9.89. The van der Waals surface area contributed by atoms with Gasteiger partial charge in [-0.15, -0.1) is 0 Å². The lowest BCUT2D eigenvalue weighted by Gasteiger charge is -2.25. The van der Waals surface area contributed by atoms with Crippen LogP contribution in [0.15, 0.2) is 55.2 Å². The Hall–Kier alpha value is -3.68. The molecule has 0 radical (unpaired) electrons. The molecule has 2 amide bonds. The monoisotopic (exact) mass is 377 g/mol. The predicted molar refractivity (Wildman–Crippen MR) is 102 cm³/mol. The van der Waals surface area contributed by atoms with Gasteiger partial charge in [0.25, 0.3) is 0 Å². The van der Waals surface area contributed by atoms with Gasteiger partial charge in [0, 0.05) is 42.8 Å². The second kappa shape index (κ2) is 7.51. The largest absolute Gasteiger partial charge is 0.497 e. The second-order valence-electron chi connectivity index (χ2n) is 6.43. The summed E-state index contributed by atoms with van der Waals surface area (Å²) in [6.07, 6.45) is 6.90. The van der Waals surface area contributed by atoms with Crippen molar-refractivity contribution in [2.24, 2.45) is 0 Å². The SMILES string of the molecule is COc1ccc2c(c1)C(C(=O)NCc1cccnc1-n1ccnc1)CC(=O)N2. The number of methoxy groups -OCH3 is 1. The molecule has 0 saturated heterocycles. The first kappa shape index (κ1) is 17.7. The van der Waals surface area contributed by atoms with Crippen molar-refractivity contribution in [3.63, 3.8) is 0 Å². The summed E-state index contributed by atoms with van der Waals surface area (Å²) >= 11 is 0. The van der Waals surface area contributed by atoms with Crippen LogP contribution >= 0.6 is 0 Å². The molecule has 1 aromatic carbocycles. The van der Waals surface area contributed by atoms with E-state index in [1.54, 1.807) is 54.8 Å². The number of benzene rings is 1. The van der Waals surface area contributed by atoms with Crippen molar-refractivity contribution in [2.75, 3.05) is 12.4 Å². The van der Waals surface area contributed by atoms with Crippen LogP contribution in [0.3, 0.4) is 0 Å². The quantitative estimate of drug-likeness (QED) is 0.709. The van der Waals surface area contributed by atoms with E-state index in [4.69, 9.17) is 4.74 Å². The first-order chi connectivity index (χ1) is 13.7. The summed E-state index contributed by atoms with van der Waals surface area (Å²) in [5.74, 6) is 0.362. The van der Waals surface area contributed by atoms with Crippen molar-refractivity contribution in [2.45, 2.75) is 18.9 Å². The predicted octanol–water partition coefficient (Wildman–Crippen LogP) is 2.02. The number of aromatic nitrogens is 3. The van der Waals surface area contributed by atoms with E-state index in [2.05, 4.69) is 20.6 Å². The third-order valence-corrected chi connectivity index (χ3v) is 4.68. The highest BCUT2D eigenvalue weighted by atomic mass is 16.5. The molecule has 0 fully saturated rings. The maximum absolute atomic E-state index is 12.9. The van der Waals surface area contributed by atoms with Crippen molar-refractivity contribution in [3.05, 3.63) is 66.4 Å². The molecule has 0 spiro atoms. The minimum atomic E-state index is -0.577. The Morgan fingerprint density at radius 3 is 3.04 bits per heavy atom. The molecule has 2 aromatic heterocycles. The summed E-state index contributed by atoms with van der Waals surface area (Å²) in [7, 11) is 1.57. The van der Waals surface area contributed by atoms with E-state index in [9.17, 15) is 9.59 Å². The van der Waals surface area contributed by atoms with Gasteiger partial charge in [-0.25, -0.2) is 9.97 Å². The van der Waals surface area contributed by atoms with Gasteiger partial charge >= 0.3 is 0 Å². The third-order valence-electron chi connectivity index (χ3n) is 4.68. The topological polar surface area (TPSA) is 98.1 Å². The number of amides is 2. The van der Waals surface area contributed by atoms with Crippen molar-refractivity contribution in [3.8, 4) is 11.6 Å². The zero-order valence-electron chi connectivity index (χ0n) is 15.3. The fraction of sp³-hybridized carbons (Fsp3) is 0.200. The Morgan fingerprint density at radius 1 is 1.36 bits per heavy atom. The first-order valence-electron chi connectivity index (χ1n) is 8.83. The Balaban J connectivity index is 1.55.